The fourth-order valence-corrected chi connectivity index (χ4v) is 3.31. The summed E-state index contributed by atoms with van der Waals surface area (Å²) in [7, 11) is -5.51. The van der Waals surface area contributed by atoms with Gasteiger partial charge in [-0.05, 0) is 12.3 Å². The van der Waals surface area contributed by atoms with Crippen molar-refractivity contribution in [2.45, 2.75) is 43.9 Å². The van der Waals surface area contributed by atoms with Crippen molar-refractivity contribution in [2.24, 2.45) is 0 Å². The lowest BCUT2D eigenvalue weighted by atomic mass is 9.97. The Morgan fingerprint density at radius 2 is 1.44 bits per heavy atom. The molecule has 0 saturated carbocycles. The molecule has 0 radical (unpaired) electrons. The van der Waals surface area contributed by atoms with Gasteiger partial charge < -0.3 is 0 Å². The van der Waals surface area contributed by atoms with E-state index in [1.807, 2.05) is 0 Å². The second-order valence-electron chi connectivity index (χ2n) is 5.42. The number of hydroxylamine groups is 2. The van der Waals surface area contributed by atoms with Crippen LogP contribution in [0.2, 0.25) is 0 Å². The van der Waals surface area contributed by atoms with E-state index in [2.05, 4.69) is 4.28 Å². The van der Waals surface area contributed by atoms with Crippen molar-refractivity contribution in [1.29, 1.82) is 0 Å². The summed E-state index contributed by atoms with van der Waals surface area (Å²) in [6.07, 6.45) is -0.601. The molecule has 6 nitrogen and oxygen atoms in total. The molecule has 0 N–H and O–H groups in total. The number of nitrogens with zero attached hydrogens (tertiary/aromatic N) is 1. The molecular weight excluding hydrogens is 370 g/mol. The summed E-state index contributed by atoms with van der Waals surface area (Å²) < 4.78 is 84.5. The van der Waals surface area contributed by atoms with E-state index in [1.165, 1.54) is 13.8 Å². The smallest absolute Gasteiger partial charge is 0.272 e. The van der Waals surface area contributed by atoms with Gasteiger partial charge in [0.15, 0.2) is 28.2 Å². The van der Waals surface area contributed by atoms with E-state index in [9.17, 15) is 35.6 Å². The van der Waals surface area contributed by atoms with Gasteiger partial charge in [-0.15, -0.1) is 9.35 Å². The SMILES string of the molecule is CCC(C)c1c(F)c(F)c(S(=O)(=O)ON2C(=O)CCC2=O)c(F)c1F. The normalized spacial score (nSPS) is 16.6. The van der Waals surface area contributed by atoms with Crippen LogP contribution in [0.4, 0.5) is 17.6 Å². The van der Waals surface area contributed by atoms with Crippen molar-refractivity contribution in [1.82, 2.24) is 5.06 Å². The Labute approximate surface area is 140 Å². The van der Waals surface area contributed by atoms with Crippen molar-refractivity contribution < 1.29 is 39.9 Å². The highest BCUT2D eigenvalue weighted by atomic mass is 32.2. The second kappa shape index (κ2) is 6.71. The van der Waals surface area contributed by atoms with Gasteiger partial charge in [0.1, 0.15) is 0 Å². The first kappa shape index (κ1) is 19.3. The first-order valence-corrected chi connectivity index (χ1v) is 8.59. The van der Waals surface area contributed by atoms with Gasteiger partial charge in [-0.2, -0.15) is 8.42 Å². The van der Waals surface area contributed by atoms with Crippen LogP contribution in [0.3, 0.4) is 0 Å². The van der Waals surface area contributed by atoms with Crippen LogP contribution in [0.25, 0.3) is 0 Å². The highest BCUT2D eigenvalue weighted by molar-refractivity contribution is 7.86. The minimum atomic E-state index is -5.51. The molecular formula is C14H13F4NO5S. The monoisotopic (exact) mass is 383 g/mol. The summed E-state index contributed by atoms with van der Waals surface area (Å²) >= 11 is 0. The molecule has 1 heterocycles. The fraction of sp³-hybridized carbons (Fsp3) is 0.429. The van der Waals surface area contributed by atoms with E-state index in [0.717, 1.165) is 0 Å². The lowest BCUT2D eigenvalue weighted by Gasteiger charge is -2.17. The van der Waals surface area contributed by atoms with Crippen LogP contribution in [-0.4, -0.2) is 25.3 Å². The minimum absolute atomic E-state index is 0.131. The van der Waals surface area contributed by atoms with Crippen molar-refractivity contribution in [2.75, 3.05) is 0 Å². The molecule has 1 unspecified atom stereocenters. The molecule has 0 aromatic heterocycles. The topological polar surface area (TPSA) is 80.8 Å². The largest absolute Gasteiger partial charge is 0.324 e. The Hall–Kier alpha value is -2.01. The van der Waals surface area contributed by atoms with Gasteiger partial charge in [0.05, 0.1) is 0 Å². The highest BCUT2D eigenvalue weighted by Gasteiger charge is 2.40. The molecule has 138 valence electrons. The fourth-order valence-electron chi connectivity index (χ4n) is 2.26. The van der Waals surface area contributed by atoms with Gasteiger partial charge >= 0.3 is 10.1 Å². The molecule has 1 aliphatic rings. The molecule has 0 aliphatic carbocycles. The van der Waals surface area contributed by atoms with Gasteiger partial charge in [0.2, 0.25) is 0 Å². The molecule has 25 heavy (non-hydrogen) atoms. The first-order valence-electron chi connectivity index (χ1n) is 7.19. The number of hydrogen-bond donors (Lipinski definition) is 0. The van der Waals surface area contributed by atoms with Gasteiger partial charge in [0.25, 0.3) is 11.8 Å². The van der Waals surface area contributed by atoms with E-state index < -0.39 is 61.6 Å². The van der Waals surface area contributed by atoms with Crippen LogP contribution in [0.5, 0.6) is 0 Å². The maximum Gasteiger partial charge on any atom is 0.324 e. The number of carbonyl (C=O) groups excluding carboxylic acids is 2. The third-order valence-corrected chi connectivity index (χ3v) is 4.99. The van der Waals surface area contributed by atoms with Crippen LogP contribution in [0, 0.1) is 23.3 Å². The number of hydrogen-bond acceptors (Lipinski definition) is 5. The van der Waals surface area contributed by atoms with Gasteiger partial charge in [-0.3, -0.25) is 9.59 Å². The molecule has 0 bridgehead atoms. The molecule has 1 fully saturated rings. The first-order chi connectivity index (χ1) is 11.5. The highest BCUT2D eigenvalue weighted by Crippen LogP contribution is 2.34. The van der Waals surface area contributed by atoms with Crippen LogP contribution < -0.4 is 0 Å². The summed E-state index contributed by atoms with van der Waals surface area (Å²) in [6.45, 7) is 2.81. The number of halogens is 4. The van der Waals surface area contributed by atoms with Crippen LogP contribution in [0.15, 0.2) is 4.90 Å². The Balaban J connectivity index is 2.59. The third kappa shape index (κ3) is 3.25. The number of carbonyl (C=O) groups is 2. The predicted octanol–water partition coefficient (Wildman–Crippen LogP) is 2.53. The van der Waals surface area contributed by atoms with E-state index >= 15 is 0 Å². The second-order valence-corrected chi connectivity index (χ2v) is 6.88. The van der Waals surface area contributed by atoms with Crippen molar-refractivity contribution >= 4 is 21.9 Å². The zero-order valence-corrected chi connectivity index (χ0v) is 13.9. The Morgan fingerprint density at radius 3 is 1.84 bits per heavy atom. The Morgan fingerprint density at radius 1 is 1.00 bits per heavy atom. The number of imide groups is 1. The van der Waals surface area contributed by atoms with E-state index in [1.54, 1.807) is 0 Å². The molecule has 2 amide bonds. The van der Waals surface area contributed by atoms with Gasteiger partial charge in [-0.25, -0.2) is 17.6 Å². The number of benzene rings is 1. The Kier molecular flexibility index (Phi) is 5.19. The summed E-state index contributed by atoms with van der Waals surface area (Å²) in [5.74, 6) is -11.2. The zero-order valence-electron chi connectivity index (χ0n) is 13.1. The summed E-state index contributed by atoms with van der Waals surface area (Å²) in [4.78, 5) is 20.7. The average molecular weight is 383 g/mol. The molecule has 2 rings (SSSR count). The van der Waals surface area contributed by atoms with Crippen molar-refractivity contribution in [3.05, 3.63) is 28.8 Å². The average Bonchev–Trinajstić information content (AvgIpc) is 2.84. The lowest BCUT2D eigenvalue weighted by Crippen LogP contribution is -2.33. The summed E-state index contributed by atoms with van der Waals surface area (Å²) in [6, 6.07) is 0. The molecule has 1 atom stereocenters. The van der Waals surface area contributed by atoms with Crippen LogP contribution in [0.1, 0.15) is 44.6 Å². The van der Waals surface area contributed by atoms with E-state index in [4.69, 9.17) is 0 Å². The van der Waals surface area contributed by atoms with Crippen molar-refractivity contribution in [3.8, 4) is 0 Å². The molecule has 1 saturated heterocycles. The number of amides is 2. The standard InChI is InChI=1S/C14H13F4NO5S/c1-3-6(2)9-10(15)12(17)14(13(18)11(9)16)25(22,23)24-19-7(20)4-5-8(19)21/h6H,3-5H2,1-2H3. The van der Waals surface area contributed by atoms with E-state index in [-0.39, 0.29) is 24.3 Å². The molecule has 0 spiro atoms. The zero-order chi connectivity index (χ0) is 19.1. The van der Waals surface area contributed by atoms with Crippen LogP contribution in [-0.2, 0) is 24.0 Å². The quantitative estimate of drug-likeness (QED) is 0.443. The lowest BCUT2D eigenvalue weighted by molar-refractivity contribution is -0.163. The van der Waals surface area contributed by atoms with Crippen LogP contribution >= 0.6 is 0 Å². The maximum atomic E-state index is 14.1. The number of rotatable bonds is 5. The Bertz CT molecular complexity index is 810. The van der Waals surface area contributed by atoms with E-state index in [0.29, 0.717) is 0 Å². The molecule has 1 aromatic carbocycles. The van der Waals surface area contributed by atoms with Crippen molar-refractivity contribution in [3.63, 3.8) is 0 Å². The summed E-state index contributed by atoms with van der Waals surface area (Å²) in [5, 5.41) is -0.202. The summed E-state index contributed by atoms with van der Waals surface area (Å²) in [5.41, 5.74) is -0.940. The predicted molar refractivity (Wildman–Crippen MR) is 74.3 cm³/mol. The molecule has 1 aromatic rings. The minimum Gasteiger partial charge on any atom is -0.272 e. The molecule has 1 aliphatic heterocycles. The maximum absolute atomic E-state index is 14.1. The van der Waals surface area contributed by atoms with Gasteiger partial charge in [-0.1, -0.05) is 13.8 Å². The molecule has 11 heteroatoms. The third-order valence-electron chi connectivity index (χ3n) is 3.79. The van der Waals surface area contributed by atoms with Gasteiger partial charge in [0, 0.05) is 18.4 Å².